The summed E-state index contributed by atoms with van der Waals surface area (Å²) in [5.74, 6) is 0.636. The van der Waals surface area contributed by atoms with Gasteiger partial charge in [-0.05, 0) is 48.5 Å². The first-order valence-corrected chi connectivity index (χ1v) is 7.13. The molecule has 0 radical (unpaired) electrons. The number of nitrogen functional groups attached to an aromatic ring is 1. The van der Waals surface area contributed by atoms with Crippen LogP contribution in [0.5, 0.6) is 11.5 Å². The number of rotatable bonds is 3. The summed E-state index contributed by atoms with van der Waals surface area (Å²) in [6, 6.07) is 10.3. The van der Waals surface area contributed by atoms with E-state index in [0.717, 1.165) is 24.3 Å². The van der Waals surface area contributed by atoms with Crippen LogP contribution in [-0.4, -0.2) is 13.9 Å². The summed E-state index contributed by atoms with van der Waals surface area (Å²) in [6.07, 6.45) is 0. The highest BCUT2D eigenvalue weighted by Crippen LogP contribution is 2.31. The van der Waals surface area contributed by atoms with Gasteiger partial charge in [-0.2, -0.15) is 13.2 Å². The molecule has 0 heterocycles. The molecule has 8 heteroatoms. The maximum atomic E-state index is 12.4. The predicted octanol–water partition coefficient (Wildman–Crippen LogP) is 3.35. The number of ether oxygens (including phenoxy) is 1. The summed E-state index contributed by atoms with van der Waals surface area (Å²) in [4.78, 5) is -0.834. The van der Waals surface area contributed by atoms with E-state index in [9.17, 15) is 21.6 Å². The van der Waals surface area contributed by atoms with Crippen molar-refractivity contribution >= 4 is 15.5 Å². The zero-order chi connectivity index (χ0) is 15.7. The Morgan fingerprint density at radius 2 is 1.29 bits per heavy atom. The summed E-state index contributed by atoms with van der Waals surface area (Å²) in [6.45, 7) is 0. The third-order valence-electron chi connectivity index (χ3n) is 2.55. The van der Waals surface area contributed by atoms with Gasteiger partial charge < -0.3 is 10.5 Å². The average molecular weight is 317 g/mol. The molecular weight excluding hydrogens is 307 g/mol. The Bertz CT molecular complexity index is 723. The summed E-state index contributed by atoms with van der Waals surface area (Å²) >= 11 is 0. The van der Waals surface area contributed by atoms with Crippen molar-refractivity contribution in [2.24, 2.45) is 0 Å². The minimum absolute atomic E-state index is 0.209. The van der Waals surface area contributed by atoms with Gasteiger partial charge in [-0.1, -0.05) is 0 Å². The van der Waals surface area contributed by atoms with Crippen molar-refractivity contribution < 1.29 is 26.3 Å². The van der Waals surface area contributed by atoms with Crippen LogP contribution in [0.3, 0.4) is 0 Å². The van der Waals surface area contributed by atoms with Crippen LogP contribution in [-0.2, 0) is 9.84 Å². The monoisotopic (exact) mass is 317 g/mol. The fraction of sp³-hybridized carbons (Fsp3) is 0.0769. The number of nitrogens with two attached hydrogens (primary N) is 1. The minimum atomic E-state index is -5.34. The molecule has 0 bridgehead atoms. The lowest BCUT2D eigenvalue weighted by Gasteiger charge is -2.09. The maximum absolute atomic E-state index is 12.4. The Kier molecular flexibility index (Phi) is 3.82. The van der Waals surface area contributed by atoms with Crippen LogP contribution < -0.4 is 10.5 Å². The second kappa shape index (κ2) is 5.28. The van der Waals surface area contributed by atoms with Crippen LogP contribution in [0, 0.1) is 0 Å². The average Bonchev–Trinajstić information content (AvgIpc) is 2.41. The zero-order valence-corrected chi connectivity index (χ0v) is 11.3. The standard InChI is InChI=1S/C13H10F3NO3S/c14-13(15,16)21(18,19)12-7-5-11(6-8-12)20-10-3-1-9(17)2-4-10/h1-8H,17H2. The summed E-state index contributed by atoms with van der Waals surface area (Å²) in [5, 5.41) is 0. The van der Waals surface area contributed by atoms with Crippen molar-refractivity contribution in [3.05, 3.63) is 48.5 Å². The Hall–Kier alpha value is -2.22. The summed E-state index contributed by atoms with van der Waals surface area (Å²) < 4.78 is 64.8. The Balaban J connectivity index is 2.22. The van der Waals surface area contributed by atoms with E-state index < -0.39 is 20.2 Å². The van der Waals surface area contributed by atoms with Gasteiger partial charge in [0.1, 0.15) is 11.5 Å². The number of hydrogen-bond acceptors (Lipinski definition) is 4. The van der Waals surface area contributed by atoms with Crippen molar-refractivity contribution in [3.8, 4) is 11.5 Å². The van der Waals surface area contributed by atoms with Gasteiger partial charge >= 0.3 is 5.51 Å². The Labute approximate surface area is 118 Å². The number of alkyl halides is 3. The van der Waals surface area contributed by atoms with E-state index in [4.69, 9.17) is 10.5 Å². The van der Waals surface area contributed by atoms with E-state index in [1.54, 1.807) is 24.3 Å². The van der Waals surface area contributed by atoms with Crippen molar-refractivity contribution in [1.29, 1.82) is 0 Å². The number of hydrogen-bond donors (Lipinski definition) is 1. The molecule has 0 spiro atoms. The lowest BCUT2D eigenvalue weighted by atomic mass is 10.3. The number of halogens is 3. The first-order chi connectivity index (χ1) is 9.70. The molecule has 112 valence electrons. The molecule has 21 heavy (non-hydrogen) atoms. The molecule has 0 amide bonds. The van der Waals surface area contributed by atoms with Crippen LogP contribution in [0.4, 0.5) is 18.9 Å². The molecule has 0 saturated carbocycles. The molecule has 2 aromatic rings. The van der Waals surface area contributed by atoms with E-state index in [1.165, 1.54) is 0 Å². The van der Waals surface area contributed by atoms with Gasteiger partial charge in [-0.15, -0.1) is 0 Å². The maximum Gasteiger partial charge on any atom is 0.501 e. The molecule has 4 nitrogen and oxygen atoms in total. The third-order valence-corrected chi connectivity index (χ3v) is 4.06. The van der Waals surface area contributed by atoms with E-state index in [-0.39, 0.29) is 5.75 Å². The Morgan fingerprint density at radius 1 is 0.857 bits per heavy atom. The molecule has 0 aliphatic carbocycles. The minimum Gasteiger partial charge on any atom is -0.457 e. The zero-order valence-electron chi connectivity index (χ0n) is 10.5. The van der Waals surface area contributed by atoms with Gasteiger partial charge in [0.05, 0.1) is 4.90 Å². The Morgan fingerprint density at radius 3 is 1.71 bits per heavy atom. The SMILES string of the molecule is Nc1ccc(Oc2ccc(S(=O)(=O)C(F)(F)F)cc2)cc1. The highest BCUT2D eigenvalue weighted by atomic mass is 32.2. The van der Waals surface area contributed by atoms with Crippen molar-refractivity contribution in [1.82, 2.24) is 0 Å². The highest BCUT2D eigenvalue weighted by Gasteiger charge is 2.46. The first kappa shape index (κ1) is 15.2. The second-order valence-electron chi connectivity index (χ2n) is 4.09. The van der Waals surface area contributed by atoms with Crippen LogP contribution >= 0.6 is 0 Å². The first-order valence-electron chi connectivity index (χ1n) is 5.65. The molecule has 2 aromatic carbocycles. The number of sulfone groups is 1. The predicted molar refractivity (Wildman–Crippen MR) is 70.6 cm³/mol. The quantitative estimate of drug-likeness (QED) is 0.881. The van der Waals surface area contributed by atoms with Gasteiger partial charge in [0.2, 0.25) is 0 Å². The molecule has 2 rings (SSSR count). The molecule has 0 atom stereocenters. The van der Waals surface area contributed by atoms with Crippen molar-refractivity contribution in [2.75, 3.05) is 5.73 Å². The topological polar surface area (TPSA) is 69.4 Å². The summed E-state index contributed by atoms with van der Waals surface area (Å²) in [7, 11) is -5.34. The fourth-order valence-corrected chi connectivity index (χ4v) is 2.25. The van der Waals surface area contributed by atoms with Crippen LogP contribution in [0.25, 0.3) is 0 Å². The fourth-order valence-electron chi connectivity index (χ4n) is 1.49. The highest BCUT2D eigenvalue weighted by molar-refractivity contribution is 7.92. The van der Waals surface area contributed by atoms with E-state index in [1.807, 2.05) is 0 Å². The molecular formula is C13H10F3NO3S. The van der Waals surface area contributed by atoms with Gasteiger partial charge in [-0.25, -0.2) is 8.42 Å². The molecule has 2 N–H and O–H groups in total. The van der Waals surface area contributed by atoms with Crippen LogP contribution in [0.2, 0.25) is 0 Å². The third kappa shape index (κ3) is 3.27. The lowest BCUT2D eigenvalue weighted by molar-refractivity contribution is -0.0436. The smallest absolute Gasteiger partial charge is 0.457 e. The van der Waals surface area contributed by atoms with Crippen molar-refractivity contribution in [3.63, 3.8) is 0 Å². The lowest BCUT2D eigenvalue weighted by Crippen LogP contribution is -2.23. The summed E-state index contributed by atoms with van der Waals surface area (Å²) in [5.41, 5.74) is 0.709. The van der Waals surface area contributed by atoms with Gasteiger partial charge in [0.15, 0.2) is 0 Å². The van der Waals surface area contributed by atoms with Gasteiger partial charge in [-0.3, -0.25) is 0 Å². The molecule has 0 unspecified atom stereocenters. The van der Waals surface area contributed by atoms with Crippen LogP contribution in [0.1, 0.15) is 0 Å². The van der Waals surface area contributed by atoms with Gasteiger partial charge in [0, 0.05) is 5.69 Å². The largest absolute Gasteiger partial charge is 0.501 e. The van der Waals surface area contributed by atoms with Crippen molar-refractivity contribution in [2.45, 2.75) is 10.4 Å². The number of anilines is 1. The molecule has 0 aromatic heterocycles. The molecule has 0 saturated heterocycles. The van der Waals surface area contributed by atoms with Crippen LogP contribution in [0.15, 0.2) is 53.4 Å². The molecule has 0 aliphatic rings. The normalized spacial score (nSPS) is 12.1. The second-order valence-corrected chi connectivity index (χ2v) is 6.03. The van der Waals surface area contributed by atoms with E-state index in [2.05, 4.69) is 0 Å². The molecule has 0 fully saturated rings. The number of benzene rings is 2. The van der Waals surface area contributed by atoms with Gasteiger partial charge in [0.25, 0.3) is 9.84 Å². The van der Waals surface area contributed by atoms with E-state index in [0.29, 0.717) is 11.4 Å². The molecule has 0 aliphatic heterocycles. The van der Waals surface area contributed by atoms with E-state index >= 15 is 0 Å².